The van der Waals surface area contributed by atoms with Crippen molar-refractivity contribution in [1.82, 2.24) is 19.8 Å². The van der Waals surface area contributed by atoms with Gasteiger partial charge in [0.25, 0.3) is 0 Å². The van der Waals surface area contributed by atoms with Gasteiger partial charge in [0.15, 0.2) is 0 Å². The number of ether oxygens (including phenoxy) is 2. The highest BCUT2D eigenvalue weighted by molar-refractivity contribution is 5.68. The minimum Gasteiger partial charge on any atom is -0.495 e. The largest absolute Gasteiger partial charge is 0.495 e. The normalized spacial score (nSPS) is 15.5. The number of piperidine rings is 1. The molecular formula is C24H35N5O3. The van der Waals surface area contributed by atoms with Gasteiger partial charge in [-0.25, -0.2) is 9.78 Å². The zero-order valence-electron chi connectivity index (χ0n) is 19.7. The van der Waals surface area contributed by atoms with Crippen molar-refractivity contribution in [2.24, 2.45) is 11.7 Å². The van der Waals surface area contributed by atoms with Crippen LogP contribution in [-0.4, -0.2) is 52.9 Å². The molecule has 174 valence electrons. The number of carbonyl (C=O) groups is 1. The third-order valence-corrected chi connectivity index (χ3v) is 5.43. The van der Waals surface area contributed by atoms with Crippen molar-refractivity contribution in [2.75, 3.05) is 26.7 Å². The average Bonchev–Trinajstić information content (AvgIpc) is 3.18. The smallest absolute Gasteiger partial charge is 0.410 e. The maximum absolute atomic E-state index is 12.2. The lowest BCUT2D eigenvalue weighted by molar-refractivity contribution is 0.0185. The monoisotopic (exact) mass is 441 g/mol. The Labute approximate surface area is 190 Å². The molecule has 0 bridgehead atoms. The molecule has 1 amide bonds. The molecule has 32 heavy (non-hydrogen) atoms. The summed E-state index contributed by atoms with van der Waals surface area (Å²) >= 11 is 0. The number of carbonyl (C=O) groups excluding carboxylic acids is 1. The van der Waals surface area contributed by atoms with E-state index in [2.05, 4.69) is 10.3 Å². The SMILES string of the molecule is COc1cc(/C(N)=C/NCC2CCN(C(=O)OC(C)(C)C)CC2)ccc1-n1cnc(C)c1. The molecule has 1 saturated heterocycles. The van der Waals surface area contributed by atoms with Crippen LogP contribution >= 0.6 is 0 Å². The summed E-state index contributed by atoms with van der Waals surface area (Å²) in [5.74, 6) is 1.21. The zero-order valence-corrected chi connectivity index (χ0v) is 19.7. The molecule has 2 aromatic rings. The van der Waals surface area contributed by atoms with E-state index in [0.29, 0.717) is 24.7 Å². The van der Waals surface area contributed by atoms with E-state index in [1.54, 1.807) is 18.3 Å². The first-order chi connectivity index (χ1) is 15.2. The van der Waals surface area contributed by atoms with Gasteiger partial charge in [0.2, 0.25) is 0 Å². The number of amides is 1. The number of hydrogen-bond donors (Lipinski definition) is 2. The summed E-state index contributed by atoms with van der Waals surface area (Å²) in [6.45, 7) is 9.86. The lowest BCUT2D eigenvalue weighted by Gasteiger charge is -2.33. The number of methoxy groups -OCH3 is 1. The van der Waals surface area contributed by atoms with Gasteiger partial charge in [-0.3, -0.25) is 0 Å². The van der Waals surface area contributed by atoms with Crippen molar-refractivity contribution in [2.45, 2.75) is 46.1 Å². The van der Waals surface area contributed by atoms with Crippen molar-refractivity contribution in [3.05, 3.63) is 48.2 Å². The van der Waals surface area contributed by atoms with Crippen LogP contribution in [0.15, 0.2) is 36.9 Å². The summed E-state index contributed by atoms with van der Waals surface area (Å²) in [5.41, 5.74) is 9.22. The van der Waals surface area contributed by atoms with Gasteiger partial charge >= 0.3 is 6.09 Å². The molecule has 1 fully saturated rings. The number of benzene rings is 1. The fourth-order valence-electron chi connectivity index (χ4n) is 3.69. The number of imidazole rings is 1. The van der Waals surface area contributed by atoms with E-state index in [0.717, 1.165) is 42.1 Å². The molecule has 1 aliphatic rings. The van der Waals surface area contributed by atoms with Crippen LogP contribution in [0.25, 0.3) is 11.4 Å². The Morgan fingerprint density at radius 3 is 2.62 bits per heavy atom. The molecule has 1 aromatic carbocycles. The highest BCUT2D eigenvalue weighted by Gasteiger charge is 2.26. The number of nitrogens with zero attached hydrogens (tertiary/aromatic N) is 3. The van der Waals surface area contributed by atoms with Crippen LogP contribution in [0.3, 0.4) is 0 Å². The van der Waals surface area contributed by atoms with E-state index in [1.165, 1.54) is 0 Å². The van der Waals surface area contributed by atoms with Crippen LogP contribution < -0.4 is 15.8 Å². The van der Waals surface area contributed by atoms with Crippen LogP contribution in [0.5, 0.6) is 5.75 Å². The van der Waals surface area contributed by atoms with Gasteiger partial charge in [0.05, 0.1) is 30.5 Å². The minimum atomic E-state index is -0.462. The van der Waals surface area contributed by atoms with Crippen molar-refractivity contribution < 1.29 is 14.3 Å². The van der Waals surface area contributed by atoms with Crippen molar-refractivity contribution in [1.29, 1.82) is 0 Å². The first kappa shape index (κ1) is 23.5. The molecule has 3 N–H and O–H groups in total. The van der Waals surface area contributed by atoms with Crippen LogP contribution in [0, 0.1) is 12.8 Å². The Balaban J connectivity index is 1.53. The van der Waals surface area contributed by atoms with Gasteiger partial charge in [-0.1, -0.05) is 6.07 Å². The predicted octanol–water partition coefficient (Wildman–Crippen LogP) is 3.68. The van der Waals surface area contributed by atoms with Gasteiger partial charge in [-0.2, -0.15) is 0 Å². The molecule has 3 rings (SSSR count). The summed E-state index contributed by atoms with van der Waals surface area (Å²) in [6, 6.07) is 5.87. The van der Waals surface area contributed by atoms with Crippen molar-refractivity contribution >= 4 is 11.8 Å². The molecule has 0 atom stereocenters. The Bertz CT molecular complexity index is 953. The molecule has 0 aliphatic carbocycles. The van der Waals surface area contributed by atoms with E-state index in [9.17, 15) is 4.79 Å². The van der Waals surface area contributed by atoms with Gasteiger partial charge in [0, 0.05) is 37.6 Å². The van der Waals surface area contributed by atoms with E-state index in [4.69, 9.17) is 15.2 Å². The Morgan fingerprint density at radius 1 is 1.31 bits per heavy atom. The van der Waals surface area contributed by atoms with E-state index in [-0.39, 0.29) is 6.09 Å². The molecule has 8 nitrogen and oxygen atoms in total. The summed E-state index contributed by atoms with van der Waals surface area (Å²) in [4.78, 5) is 18.3. The summed E-state index contributed by atoms with van der Waals surface area (Å²) in [5, 5.41) is 3.35. The van der Waals surface area contributed by atoms with Crippen LogP contribution in [0.2, 0.25) is 0 Å². The third kappa shape index (κ3) is 6.18. The Kier molecular flexibility index (Phi) is 7.33. The van der Waals surface area contributed by atoms with Crippen molar-refractivity contribution in [3.8, 4) is 11.4 Å². The summed E-state index contributed by atoms with van der Waals surface area (Å²) in [7, 11) is 1.65. The number of aromatic nitrogens is 2. The number of nitrogens with one attached hydrogen (secondary N) is 1. The van der Waals surface area contributed by atoms with E-state index < -0.39 is 5.60 Å². The quantitative estimate of drug-likeness (QED) is 0.710. The molecule has 0 saturated carbocycles. The number of hydrogen-bond acceptors (Lipinski definition) is 6. The molecule has 2 heterocycles. The molecule has 8 heteroatoms. The topological polar surface area (TPSA) is 94.6 Å². The van der Waals surface area contributed by atoms with Gasteiger partial charge < -0.3 is 30.0 Å². The fraction of sp³-hybridized carbons (Fsp3) is 0.500. The molecular weight excluding hydrogens is 406 g/mol. The van der Waals surface area contributed by atoms with Gasteiger partial charge in [0.1, 0.15) is 11.4 Å². The molecule has 1 aromatic heterocycles. The first-order valence-corrected chi connectivity index (χ1v) is 11.0. The standard InChI is InChI=1S/C24H35N5O3/c1-17-15-29(16-27-17)21-7-6-19(12-22(21)31-5)20(25)14-26-13-18-8-10-28(11-9-18)23(30)32-24(2,3)4/h6-7,12,14-16,18,26H,8-11,13,25H2,1-5H3/b20-14-. The number of aryl methyl sites for hydroxylation is 1. The maximum atomic E-state index is 12.2. The van der Waals surface area contributed by atoms with E-state index in [1.807, 2.05) is 62.9 Å². The number of likely N-dealkylation sites (tertiary alicyclic amines) is 1. The average molecular weight is 442 g/mol. The second kappa shape index (κ2) is 9.97. The summed E-state index contributed by atoms with van der Waals surface area (Å²) < 4.78 is 13.0. The molecule has 1 aliphatic heterocycles. The molecule has 0 radical (unpaired) electrons. The lowest BCUT2D eigenvalue weighted by atomic mass is 9.97. The van der Waals surface area contributed by atoms with Crippen LogP contribution in [-0.2, 0) is 4.74 Å². The van der Waals surface area contributed by atoms with Gasteiger partial charge in [-0.15, -0.1) is 0 Å². The second-order valence-electron chi connectivity index (χ2n) is 9.23. The van der Waals surface area contributed by atoms with Gasteiger partial charge in [-0.05, 0) is 58.6 Å². The lowest BCUT2D eigenvalue weighted by Crippen LogP contribution is -2.43. The van der Waals surface area contributed by atoms with Crippen molar-refractivity contribution in [3.63, 3.8) is 0 Å². The zero-order chi connectivity index (χ0) is 23.3. The fourth-order valence-corrected chi connectivity index (χ4v) is 3.69. The predicted molar refractivity (Wildman–Crippen MR) is 126 cm³/mol. The number of nitrogens with two attached hydrogens (primary N) is 1. The highest BCUT2D eigenvalue weighted by atomic mass is 16.6. The second-order valence-corrected chi connectivity index (χ2v) is 9.23. The van der Waals surface area contributed by atoms with Crippen LogP contribution in [0.1, 0.15) is 44.9 Å². The molecule has 0 unspecified atom stereocenters. The first-order valence-electron chi connectivity index (χ1n) is 11.0. The minimum absolute atomic E-state index is 0.226. The summed E-state index contributed by atoms with van der Waals surface area (Å²) in [6.07, 6.45) is 7.21. The third-order valence-electron chi connectivity index (χ3n) is 5.43. The maximum Gasteiger partial charge on any atom is 0.410 e. The highest BCUT2D eigenvalue weighted by Crippen LogP contribution is 2.26. The number of rotatable bonds is 6. The van der Waals surface area contributed by atoms with E-state index >= 15 is 0 Å². The van der Waals surface area contributed by atoms with Crippen LogP contribution in [0.4, 0.5) is 4.79 Å². The molecule has 0 spiro atoms. The Hall–Kier alpha value is -3.16. The Morgan fingerprint density at radius 2 is 2.03 bits per heavy atom.